The third-order valence-corrected chi connectivity index (χ3v) is 3.41. The van der Waals surface area contributed by atoms with E-state index in [4.69, 9.17) is 0 Å². The number of nitrogens with one attached hydrogen (secondary N) is 2. The summed E-state index contributed by atoms with van der Waals surface area (Å²) < 4.78 is 0. The van der Waals surface area contributed by atoms with E-state index in [2.05, 4.69) is 25.5 Å². The number of likely N-dealkylation sites (N-methyl/N-ethyl adjacent to an activating group) is 1. The Kier molecular flexibility index (Phi) is 4.21. The molecule has 0 aliphatic carbocycles. The second-order valence-electron chi connectivity index (χ2n) is 5.80. The molecule has 1 fully saturated rings. The van der Waals surface area contributed by atoms with E-state index in [9.17, 15) is 5.11 Å². The van der Waals surface area contributed by atoms with Crippen LogP contribution in [0.3, 0.4) is 0 Å². The molecule has 3 N–H and O–H groups in total. The van der Waals surface area contributed by atoms with Crippen molar-refractivity contribution in [2.24, 2.45) is 5.41 Å². The van der Waals surface area contributed by atoms with Crippen LogP contribution in [-0.2, 0) is 0 Å². The fourth-order valence-corrected chi connectivity index (χ4v) is 1.83. The quantitative estimate of drug-likeness (QED) is 0.688. The smallest absolute Gasteiger partial charge is 0.224 e. The summed E-state index contributed by atoms with van der Waals surface area (Å²) in [6.07, 6.45) is 1.77. The van der Waals surface area contributed by atoms with Gasteiger partial charge < -0.3 is 20.6 Å². The van der Waals surface area contributed by atoms with Crippen molar-refractivity contribution in [3.63, 3.8) is 0 Å². The Bertz CT molecular complexity index is 417. The van der Waals surface area contributed by atoms with E-state index in [1.807, 2.05) is 27.0 Å². The molecule has 0 saturated carbocycles. The van der Waals surface area contributed by atoms with Gasteiger partial charge in [0.15, 0.2) is 0 Å². The summed E-state index contributed by atoms with van der Waals surface area (Å²) in [6, 6.07) is 2.48. The third kappa shape index (κ3) is 3.54. The van der Waals surface area contributed by atoms with Crippen LogP contribution in [0, 0.1) is 5.41 Å². The predicted octanol–water partition coefficient (Wildman–Crippen LogP) is 0.315. The van der Waals surface area contributed by atoms with Crippen molar-refractivity contribution in [3.8, 4) is 0 Å². The Hall–Kier alpha value is -1.40. The van der Waals surface area contributed by atoms with Crippen LogP contribution in [0.5, 0.6) is 0 Å². The molecule has 0 atom stereocenters. The van der Waals surface area contributed by atoms with Gasteiger partial charge in [0.05, 0.1) is 0 Å². The second-order valence-corrected chi connectivity index (χ2v) is 5.80. The molecule has 0 spiro atoms. The minimum atomic E-state index is -0.173. The van der Waals surface area contributed by atoms with Crippen LogP contribution >= 0.6 is 0 Å². The normalized spacial score (nSPS) is 16.3. The molecule has 2 rings (SSSR count). The summed E-state index contributed by atoms with van der Waals surface area (Å²) in [6.45, 7) is 6.74. The first-order valence-electron chi connectivity index (χ1n) is 6.64. The number of rotatable bonds is 6. The highest BCUT2D eigenvalue weighted by atomic mass is 16.3. The Morgan fingerprint density at radius 1 is 1.47 bits per heavy atom. The lowest BCUT2D eigenvalue weighted by Crippen LogP contribution is -2.57. The lowest BCUT2D eigenvalue weighted by atomic mass is 9.95. The van der Waals surface area contributed by atoms with Crippen molar-refractivity contribution in [1.82, 2.24) is 15.3 Å². The van der Waals surface area contributed by atoms with E-state index in [0.29, 0.717) is 18.5 Å². The molecule has 1 saturated heterocycles. The van der Waals surface area contributed by atoms with E-state index < -0.39 is 0 Å². The lowest BCUT2D eigenvalue weighted by molar-refractivity contribution is 0.170. The van der Waals surface area contributed by atoms with Gasteiger partial charge in [0.1, 0.15) is 5.82 Å². The van der Waals surface area contributed by atoms with E-state index >= 15 is 0 Å². The molecule has 1 aliphatic rings. The van der Waals surface area contributed by atoms with Gasteiger partial charge in [0, 0.05) is 43.9 Å². The summed E-state index contributed by atoms with van der Waals surface area (Å²) in [7, 11) is 1.98. The molecular weight excluding hydrogens is 242 g/mol. The molecular formula is C13H23N5O. The summed E-state index contributed by atoms with van der Waals surface area (Å²) >= 11 is 0. The standard InChI is InChI=1S/C13H23N5O/c1-13(2,9-19)8-16-12-15-5-4-11(17-12)18-6-10(7-18)14-3/h4-5,10,14,19H,6-9H2,1-3H3,(H,15,16,17). The molecule has 6 nitrogen and oxygen atoms in total. The van der Waals surface area contributed by atoms with Gasteiger partial charge in [0.25, 0.3) is 0 Å². The van der Waals surface area contributed by atoms with Gasteiger partial charge in [-0.05, 0) is 13.1 Å². The van der Waals surface area contributed by atoms with Crippen molar-refractivity contribution in [2.45, 2.75) is 19.9 Å². The van der Waals surface area contributed by atoms with Crippen LogP contribution in [0.15, 0.2) is 12.3 Å². The average molecular weight is 265 g/mol. The summed E-state index contributed by atoms with van der Waals surface area (Å²) in [4.78, 5) is 10.9. The summed E-state index contributed by atoms with van der Waals surface area (Å²) in [5.41, 5.74) is -0.173. The maximum absolute atomic E-state index is 9.22. The van der Waals surface area contributed by atoms with Crippen molar-refractivity contribution >= 4 is 11.8 Å². The summed E-state index contributed by atoms with van der Waals surface area (Å²) in [5.74, 6) is 1.57. The monoisotopic (exact) mass is 265 g/mol. The number of aliphatic hydroxyl groups excluding tert-OH is 1. The molecule has 0 unspecified atom stereocenters. The van der Waals surface area contributed by atoms with Crippen LogP contribution < -0.4 is 15.5 Å². The average Bonchev–Trinajstić information content (AvgIpc) is 2.36. The van der Waals surface area contributed by atoms with E-state index in [-0.39, 0.29) is 12.0 Å². The first-order valence-corrected chi connectivity index (χ1v) is 6.64. The van der Waals surface area contributed by atoms with Crippen molar-refractivity contribution in [3.05, 3.63) is 12.3 Å². The molecule has 19 heavy (non-hydrogen) atoms. The lowest BCUT2D eigenvalue weighted by Gasteiger charge is -2.39. The molecule has 0 radical (unpaired) electrons. The third-order valence-electron chi connectivity index (χ3n) is 3.41. The van der Waals surface area contributed by atoms with Crippen molar-refractivity contribution < 1.29 is 5.11 Å². The Morgan fingerprint density at radius 2 is 2.21 bits per heavy atom. The Balaban J connectivity index is 1.93. The fraction of sp³-hybridized carbons (Fsp3) is 0.692. The SMILES string of the molecule is CNC1CN(c2ccnc(NCC(C)(C)CO)n2)C1. The number of hydrogen-bond acceptors (Lipinski definition) is 6. The van der Waals surface area contributed by atoms with Crippen LogP contribution in [0.1, 0.15) is 13.8 Å². The number of hydrogen-bond donors (Lipinski definition) is 3. The minimum absolute atomic E-state index is 0.135. The van der Waals surface area contributed by atoms with E-state index in [1.165, 1.54) is 0 Å². The van der Waals surface area contributed by atoms with Crippen LogP contribution in [0.2, 0.25) is 0 Å². The van der Waals surface area contributed by atoms with E-state index in [0.717, 1.165) is 18.9 Å². The molecule has 6 heteroatoms. The highest BCUT2D eigenvalue weighted by molar-refractivity contribution is 5.45. The zero-order chi connectivity index (χ0) is 13.9. The highest BCUT2D eigenvalue weighted by Gasteiger charge is 2.26. The number of nitrogens with zero attached hydrogens (tertiary/aromatic N) is 3. The van der Waals surface area contributed by atoms with Gasteiger partial charge in [0.2, 0.25) is 5.95 Å². The van der Waals surface area contributed by atoms with Gasteiger partial charge in [-0.2, -0.15) is 4.98 Å². The van der Waals surface area contributed by atoms with E-state index in [1.54, 1.807) is 6.20 Å². The minimum Gasteiger partial charge on any atom is -0.396 e. The fourth-order valence-electron chi connectivity index (χ4n) is 1.83. The van der Waals surface area contributed by atoms with Crippen molar-refractivity contribution in [1.29, 1.82) is 0 Å². The molecule has 1 aliphatic heterocycles. The van der Waals surface area contributed by atoms with Gasteiger partial charge in [-0.15, -0.1) is 0 Å². The van der Waals surface area contributed by atoms with Gasteiger partial charge in [-0.25, -0.2) is 4.98 Å². The molecule has 1 aromatic rings. The predicted molar refractivity (Wildman–Crippen MR) is 76.4 cm³/mol. The highest BCUT2D eigenvalue weighted by Crippen LogP contribution is 2.19. The number of anilines is 2. The van der Waals surface area contributed by atoms with Gasteiger partial charge in [-0.3, -0.25) is 0 Å². The molecule has 1 aromatic heterocycles. The van der Waals surface area contributed by atoms with Crippen molar-refractivity contribution in [2.75, 3.05) is 43.5 Å². The summed E-state index contributed by atoms with van der Waals surface area (Å²) in [5, 5.41) is 15.6. The number of aliphatic hydroxyl groups is 1. The topological polar surface area (TPSA) is 73.3 Å². The Labute approximate surface area is 114 Å². The maximum Gasteiger partial charge on any atom is 0.224 e. The first kappa shape index (κ1) is 14.0. The molecule has 106 valence electrons. The first-order chi connectivity index (χ1) is 9.04. The Morgan fingerprint density at radius 3 is 2.84 bits per heavy atom. The second kappa shape index (κ2) is 5.71. The van der Waals surface area contributed by atoms with Gasteiger partial charge >= 0.3 is 0 Å². The van der Waals surface area contributed by atoms with Crippen LogP contribution in [0.25, 0.3) is 0 Å². The molecule has 2 heterocycles. The zero-order valence-corrected chi connectivity index (χ0v) is 11.8. The van der Waals surface area contributed by atoms with Crippen LogP contribution in [-0.4, -0.2) is 54.4 Å². The van der Waals surface area contributed by atoms with Crippen LogP contribution in [0.4, 0.5) is 11.8 Å². The molecule has 0 aromatic carbocycles. The number of aromatic nitrogens is 2. The van der Waals surface area contributed by atoms with Gasteiger partial charge in [-0.1, -0.05) is 13.8 Å². The molecule has 0 bridgehead atoms. The zero-order valence-electron chi connectivity index (χ0n) is 11.8. The maximum atomic E-state index is 9.22. The molecule has 0 amide bonds. The largest absolute Gasteiger partial charge is 0.396 e.